The van der Waals surface area contributed by atoms with Crippen molar-refractivity contribution in [2.24, 2.45) is 0 Å². The van der Waals surface area contributed by atoms with Gasteiger partial charge in [0.05, 0.1) is 11.5 Å². The third-order valence-electron chi connectivity index (χ3n) is 1.39. The van der Waals surface area contributed by atoms with Gasteiger partial charge in [0.15, 0.2) is 0 Å². The van der Waals surface area contributed by atoms with Crippen molar-refractivity contribution in [2.75, 3.05) is 6.61 Å². The van der Waals surface area contributed by atoms with E-state index in [1.165, 1.54) is 19.1 Å². The molecule has 0 amide bonds. The number of esters is 1. The molecule has 0 aliphatic carbocycles. The van der Waals surface area contributed by atoms with Gasteiger partial charge in [-0.1, -0.05) is 18.2 Å². The van der Waals surface area contributed by atoms with E-state index in [0.29, 0.717) is 6.61 Å². The molecule has 0 aliphatic rings. The van der Waals surface area contributed by atoms with Gasteiger partial charge in [0.25, 0.3) is 10.1 Å². The lowest BCUT2D eigenvalue weighted by atomic mass is 10.4. The quantitative estimate of drug-likeness (QED) is 0.631. The van der Waals surface area contributed by atoms with E-state index in [0.717, 1.165) is 0 Å². The van der Waals surface area contributed by atoms with Crippen LogP contribution in [0.25, 0.3) is 0 Å². The summed E-state index contributed by atoms with van der Waals surface area (Å²) < 4.78 is 33.6. The van der Waals surface area contributed by atoms with Gasteiger partial charge >= 0.3 is 5.97 Å². The van der Waals surface area contributed by atoms with Gasteiger partial charge in [-0.05, 0) is 19.1 Å². The second-order valence-electron chi connectivity index (χ2n) is 2.71. The van der Waals surface area contributed by atoms with Crippen molar-refractivity contribution in [3.05, 3.63) is 30.3 Å². The molecule has 0 aliphatic heterocycles. The van der Waals surface area contributed by atoms with Gasteiger partial charge in [-0.15, -0.1) is 0 Å². The maximum atomic E-state index is 10.4. The van der Waals surface area contributed by atoms with E-state index in [4.69, 9.17) is 4.55 Å². The van der Waals surface area contributed by atoms with Crippen molar-refractivity contribution in [3.8, 4) is 0 Å². The summed E-state index contributed by atoms with van der Waals surface area (Å²) in [7, 11) is -4.00. The summed E-state index contributed by atoms with van der Waals surface area (Å²) >= 11 is 0. The van der Waals surface area contributed by atoms with Gasteiger partial charge in [0.2, 0.25) is 0 Å². The third kappa shape index (κ3) is 6.97. The predicted molar refractivity (Wildman–Crippen MR) is 58.6 cm³/mol. The van der Waals surface area contributed by atoms with Crippen LogP contribution in [-0.4, -0.2) is 25.5 Å². The number of rotatable bonds is 2. The van der Waals surface area contributed by atoms with Gasteiger partial charge < -0.3 is 4.74 Å². The van der Waals surface area contributed by atoms with E-state index in [1.807, 2.05) is 0 Å². The summed E-state index contributed by atoms with van der Waals surface area (Å²) in [4.78, 5) is 9.75. The van der Waals surface area contributed by atoms with E-state index in [2.05, 4.69) is 4.74 Å². The highest BCUT2D eigenvalue weighted by molar-refractivity contribution is 7.85. The molecular weight excluding hydrogens is 232 g/mol. The molecule has 0 saturated heterocycles. The number of carbonyl (C=O) groups excluding carboxylic acids is 1. The molecule has 6 heteroatoms. The van der Waals surface area contributed by atoms with Crippen LogP contribution in [0.5, 0.6) is 0 Å². The van der Waals surface area contributed by atoms with Gasteiger partial charge in [0.1, 0.15) is 0 Å². The average Bonchev–Trinajstić information content (AvgIpc) is 2.18. The number of benzene rings is 1. The van der Waals surface area contributed by atoms with Crippen LogP contribution in [0.4, 0.5) is 0 Å². The van der Waals surface area contributed by atoms with Crippen molar-refractivity contribution in [2.45, 2.75) is 18.7 Å². The first-order valence-electron chi connectivity index (χ1n) is 4.53. The molecule has 16 heavy (non-hydrogen) atoms. The molecule has 1 aromatic carbocycles. The van der Waals surface area contributed by atoms with Gasteiger partial charge in [0, 0.05) is 6.92 Å². The minimum atomic E-state index is -4.00. The van der Waals surface area contributed by atoms with Gasteiger partial charge in [-0.3, -0.25) is 9.35 Å². The number of hydrogen-bond acceptors (Lipinski definition) is 4. The Bertz CT molecular complexity index is 410. The third-order valence-corrected chi connectivity index (χ3v) is 2.26. The fourth-order valence-electron chi connectivity index (χ4n) is 0.796. The Morgan fingerprint density at radius 3 is 2.00 bits per heavy atom. The Labute approximate surface area is 94.8 Å². The highest BCUT2D eigenvalue weighted by Crippen LogP contribution is 2.05. The standard InChI is InChI=1S/C6H6O3S.C4H8O2/c7-10(8,9)6-4-2-1-3-5-6;1-3-6-4(2)5/h1-5H,(H,7,8,9);3H2,1-2H3. The normalized spacial score (nSPS) is 9.94. The zero-order valence-electron chi connectivity index (χ0n) is 9.08. The fourth-order valence-corrected chi connectivity index (χ4v) is 1.30. The molecule has 5 nitrogen and oxygen atoms in total. The second kappa shape index (κ2) is 6.97. The van der Waals surface area contributed by atoms with E-state index >= 15 is 0 Å². The van der Waals surface area contributed by atoms with Crippen LogP contribution in [0.1, 0.15) is 13.8 Å². The highest BCUT2D eigenvalue weighted by atomic mass is 32.2. The first kappa shape index (κ1) is 14.6. The largest absolute Gasteiger partial charge is 0.466 e. The highest BCUT2D eigenvalue weighted by Gasteiger charge is 2.05. The van der Waals surface area contributed by atoms with E-state index < -0.39 is 10.1 Å². The van der Waals surface area contributed by atoms with Crippen LogP contribution >= 0.6 is 0 Å². The molecular formula is C10H14O5S. The summed E-state index contributed by atoms with van der Waals surface area (Å²) in [5.41, 5.74) is 0. The lowest BCUT2D eigenvalue weighted by molar-refractivity contribution is -0.140. The second-order valence-corrected chi connectivity index (χ2v) is 4.13. The van der Waals surface area contributed by atoms with Crippen molar-refractivity contribution < 1.29 is 22.5 Å². The molecule has 0 aromatic heterocycles. The topological polar surface area (TPSA) is 80.7 Å². The average molecular weight is 246 g/mol. The minimum absolute atomic E-state index is 0.0741. The lowest BCUT2D eigenvalue weighted by Crippen LogP contribution is -1.96. The Balaban J connectivity index is 0.000000325. The van der Waals surface area contributed by atoms with Crippen LogP contribution in [0.2, 0.25) is 0 Å². The fraction of sp³-hybridized carbons (Fsp3) is 0.300. The van der Waals surface area contributed by atoms with Crippen LogP contribution in [0.15, 0.2) is 35.2 Å². The summed E-state index contributed by atoms with van der Waals surface area (Å²) in [6, 6.07) is 7.42. The maximum absolute atomic E-state index is 10.4. The first-order valence-corrected chi connectivity index (χ1v) is 5.97. The molecule has 1 N–H and O–H groups in total. The SMILES string of the molecule is CCOC(C)=O.O=S(=O)(O)c1ccccc1. The monoisotopic (exact) mass is 246 g/mol. The minimum Gasteiger partial charge on any atom is -0.466 e. The van der Waals surface area contributed by atoms with Gasteiger partial charge in [-0.25, -0.2) is 0 Å². The summed E-state index contributed by atoms with van der Waals surface area (Å²) in [5, 5.41) is 0. The molecule has 0 fully saturated rings. The lowest BCUT2D eigenvalue weighted by Gasteiger charge is -1.92. The molecule has 0 atom stereocenters. The predicted octanol–water partition coefficient (Wildman–Crippen LogP) is 1.50. The smallest absolute Gasteiger partial charge is 0.302 e. The Morgan fingerprint density at radius 1 is 1.31 bits per heavy atom. The molecule has 0 spiro atoms. The van der Waals surface area contributed by atoms with Crippen LogP contribution in [0, 0.1) is 0 Å². The Morgan fingerprint density at radius 2 is 1.81 bits per heavy atom. The summed E-state index contributed by atoms with van der Waals surface area (Å²) in [6.45, 7) is 3.65. The molecule has 0 unspecified atom stereocenters. The molecule has 0 radical (unpaired) electrons. The van der Waals surface area contributed by atoms with Crippen molar-refractivity contribution in [3.63, 3.8) is 0 Å². The van der Waals surface area contributed by atoms with E-state index in [1.54, 1.807) is 25.1 Å². The van der Waals surface area contributed by atoms with Crippen molar-refractivity contribution in [1.29, 1.82) is 0 Å². The zero-order chi connectivity index (χ0) is 12.6. The molecule has 0 bridgehead atoms. The van der Waals surface area contributed by atoms with Crippen LogP contribution in [-0.2, 0) is 19.6 Å². The maximum Gasteiger partial charge on any atom is 0.302 e. The Kier molecular flexibility index (Phi) is 6.36. The first-order chi connectivity index (χ1) is 7.38. The molecule has 0 heterocycles. The summed E-state index contributed by atoms with van der Waals surface area (Å²) in [5.74, 6) is -0.211. The van der Waals surface area contributed by atoms with Crippen molar-refractivity contribution >= 4 is 16.1 Å². The zero-order valence-corrected chi connectivity index (χ0v) is 9.90. The molecule has 90 valence electrons. The van der Waals surface area contributed by atoms with Crippen LogP contribution < -0.4 is 0 Å². The Hall–Kier alpha value is -1.40. The van der Waals surface area contributed by atoms with E-state index in [-0.39, 0.29) is 10.9 Å². The van der Waals surface area contributed by atoms with Crippen LogP contribution in [0.3, 0.4) is 0 Å². The number of carbonyl (C=O) groups is 1. The summed E-state index contributed by atoms with van der Waals surface area (Å²) in [6.07, 6.45) is 0. The molecule has 0 saturated carbocycles. The molecule has 1 rings (SSSR count). The van der Waals surface area contributed by atoms with E-state index in [9.17, 15) is 13.2 Å². The molecule has 1 aromatic rings. The van der Waals surface area contributed by atoms with Gasteiger partial charge in [-0.2, -0.15) is 8.42 Å². The number of ether oxygens (including phenoxy) is 1. The van der Waals surface area contributed by atoms with Crippen molar-refractivity contribution in [1.82, 2.24) is 0 Å². The number of hydrogen-bond donors (Lipinski definition) is 1.